The first-order valence-corrected chi connectivity index (χ1v) is 9.57. The van der Waals surface area contributed by atoms with E-state index >= 15 is 0 Å². The van der Waals surface area contributed by atoms with Gasteiger partial charge in [0.2, 0.25) is 5.91 Å². The monoisotopic (exact) mass is 431 g/mol. The topological polar surface area (TPSA) is 224 Å². The molecule has 0 bridgehead atoms. The average molecular weight is 431 g/mol. The maximum absolute atomic E-state index is 13.4. The molecule has 11 nitrogen and oxygen atoms in total. The lowest BCUT2D eigenvalue weighted by atomic mass is 9.50. The molecule has 0 aromatic heterocycles. The van der Waals surface area contributed by atoms with E-state index in [2.05, 4.69) is 0 Å². The smallest absolute Gasteiger partial charge is 0.235 e. The predicted molar refractivity (Wildman–Crippen MR) is 103 cm³/mol. The number of benzene rings is 1. The van der Waals surface area contributed by atoms with Crippen LogP contribution in [0.4, 0.5) is 11.4 Å². The van der Waals surface area contributed by atoms with Crippen LogP contribution in [0, 0.1) is 23.7 Å². The molecule has 4 rings (SSSR count). The number of aliphatic hydroxyl groups is 2. The van der Waals surface area contributed by atoms with Gasteiger partial charge in [-0.3, -0.25) is 24.0 Å². The van der Waals surface area contributed by atoms with Crippen molar-refractivity contribution in [1.29, 1.82) is 0 Å². The van der Waals surface area contributed by atoms with Gasteiger partial charge >= 0.3 is 0 Å². The number of primary amides is 1. The summed E-state index contributed by atoms with van der Waals surface area (Å²) in [5, 5.41) is 32.8. The van der Waals surface area contributed by atoms with Crippen LogP contribution in [0.1, 0.15) is 35.7 Å². The molecule has 1 aromatic carbocycles. The second kappa shape index (κ2) is 6.11. The van der Waals surface area contributed by atoms with Crippen molar-refractivity contribution in [2.75, 3.05) is 11.5 Å². The molecule has 0 radical (unpaired) electrons. The SMILES string of the molecule is C[C@]1(O)c2c(N)cc(N)c(O)c2C(=O)C2C(=O)[C@]3(O)C(=O)C(C(N)=O)C(=O)C[C@@H]3C[C@@H]21. The van der Waals surface area contributed by atoms with Gasteiger partial charge < -0.3 is 32.5 Å². The van der Waals surface area contributed by atoms with Gasteiger partial charge in [-0.15, -0.1) is 0 Å². The van der Waals surface area contributed by atoms with Crippen molar-refractivity contribution in [3.63, 3.8) is 0 Å². The molecule has 0 saturated heterocycles. The van der Waals surface area contributed by atoms with Crippen LogP contribution < -0.4 is 17.2 Å². The van der Waals surface area contributed by atoms with Gasteiger partial charge in [-0.05, 0) is 19.4 Å². The summed E-state index contributed by atoms with van der Waals surface area (Å²) in [7, 11) is 0. The first-order valence-electron chi connectivity index (χ1n) is 9.57. The zero-order chi connectivity index (χ0) is 23.2. The number of anilines is 2. The van der Waals surface area contributed by atoms with Crippen molar-refractivity contribution in [2.24, 2.45) is 29.4 Å². The van der Waals surface area contributed by atoms with Crippen LogP contribution in [-0.4, -0.2) is 50.0 Å². The van der Waals surface area contributed by atoms with E-state index in [4.69, 9.17) is 17.2 Å². The van der Waals surface area contributed by atoms with Gasteiger partial charge in [0, 0.05) is 29.5 Å². The summed E-state index contributed by atoms with van der Waals surface area (Å²) in [5.74, 6) is -12.6. The van der Waals surface area contributed by atoms with E-state index in [0.29, 0.717) is 0 Å². The van der Waals surface area contributed by atoms with Crippen molar-refractivity contribution in [3.05, 3.63) is 17.2 Å². The van der Waals surface area contributed by atoms with Crippen molar-refractivity contribution in [2.45, 2.75) is 31.0 Å². The number of carbonyl (C=O) groups is 5. The quantitative estimate of drug-likeness (QED) is 0.126. The van der Waals surface area contributed by atoms with Gasteiger partial charge in [0.25, 0.3) is 0 Å². The van der Waals surface area contributed by atoms with Gasteiger partial charge in [0.15, 0.2) is 34.7 Å². The lowest BCUT2D eigenvalue weighted by Crippen LogP contribution is -2.70. The Labute approximate surface area is 175 Å². The number of hydrogen-bond acceptors (Lipinski definition) is 10. The molecule has 3 aliphatic carbocycles. The fraction of sp³-hybridized carbons (Fsp3) is 0.450. The average Bonchev–Trinajstić information content (AvgIpc) is 2.65. The van der Waals surface area contributed by atoms with Crippen LogP contribution >= 0.6 is 0 Å². The van der Waals surface area contributed by atoms with Crippen molar-refractivity contribution >= 4 is 40.4 Å². The number of rotatable bonds is 1. The van der Waals surface area contributed by atoms with Crippen molar-refractivity contribution in [1.82, 2.24) is 0 Å². The lowest BCUT2D eigenvalue weighted by Gasteiger charge is -2.52. The first-order chi connectivity index (χ1) is 14.3. The molecular weight excluding hydrogens is 410 g/mol. The summed E-state index contributed by atoms with van der Waals surface area (Å²) in [6, 6.07) is 1.17. The van der Waals surface area contributed by atoms with Gasteiger partial charge in [-0.2, -0.15) is 0 Å². The number of nitrogens with two attached hydrogens (primary N) is 3. The number of aromatic hydroxyl groups is 1. The van der Waals surface area contributed by atoms with Crippen molar-refractivity contribution in [3.8, 4) is 5.75 Å². The molecule has 6 atom stereocenters. The number of carbonyl (C=O) groups excluding carboxylic acids is 5. The molecular formula is C20H21N3O8. The highest BCUT2D eigenvalue weighted by molar-refractivity contribution is 6.31. The highest BCUT2D eigenvalue weighted by Gasteiger charge is 2.69. The van der Waals surface area contributed by atoms with Crippen molar-refractivity contribution < 1.29 is 39.3 Å². The minimum atomic E-state index is -2.81. The fourth-order valence-electron chi connectivity index (χ4n) is 5.50. The third kappa shape index (κ3) is 2.38. The van der Waals surface area contributed by atoms with Gasteiger partial charge in [-0.25, -0.2) is 0 Å². The Kier molecular flexibility index (Phi) is 4.13. The Balaban J connectivity index is 1.93. The summed E-state index contributed by atoms with van der Waals surface area (Å²) in [6.45, 7) is 1.29. The summed E-state index contributed by atoms with van der Waals surface area (Å²) in [6.07, 6.45) is -0.775. The summed E-state index contributed by atoms with van der Waals surface area (Å²) >= 11 is 0. The first kappa shape index (κ1) is 20.9. The van der Waals surface area contributed by atoms with E-state index in [1.807, 2.05) is 0 Å². The number of ketones is 4. The van der Waals surface area contributed by atoms with Crippen LogP contribution in [0.2, 0.25) is 0 Å². The number of phenolic OH excluding ortho intramolecular Hbond substituents is 1. The second-order valence-corrected chi connectivity index (χ2v) is 8.68. The zero-order valence-corrected chi connectivity index (χ0v) is 16.4. The fourth-order valence-corrected chi connectivity index (χ4v) is 5.50. The highest BCUT2D eigenvalue weighted by Crippen LogP contribution is 2.56. The molecule has 31 heavy (non-hydrogen) atoms. The molecule has 9 N–H and O–H groups in total. The Morgan fingerprint density at radius 1 is 1.10 bits per heavy atom. The van der Waals surface area contributed by atoms with Crippen LogP contribution in [0.25, 0.3) is 0 Å². The molecule has 164 valence electrons. The Morgan fingerprint density at radius 3 is 2.29 bits per heavy atom. The van der Waals surface area contributed by atoms with E-state index in [1.54, 1.807) is 0 Å². The number of phenols is 1. The van der Waals surface area contributed by atoms with E-state index in [1.165, 1.54) is 13.0 Å². The summed E-state index contributed by atoms with van der Waals surface area (Å²) in [5.41, 5.74) is 11.1. The molecule has 2 fully saturated rings. The van der Waals surface area contributed by atoms with Crippen LogP contribution in [0.15, 0.2) is 6.07 Å². The van der Waals surface area contributed by atoms with Crippen LogP contribution in [0.3, 0.4) is 0 Å². The minimum Gasteiger partial charge on any atom is -0.505 e. The maximum atomic E-state index is 13.4. The maximum Gasteiger partial charge on any atom is 0.235 e. The number of nitrogen functional groups attached to an aromatic ring is 2. The van der Waals surface area contributed by atoms with Crippen LogP contribution in [0.5, 0.6) is 5.75 Å². The third-order valence-electron chi connectivity index (χ3n) is 7.00. The Hall–Kier alpha value is -3.31. The minimum absolute atomic E-state index is 0.0834. The Morgan fingerprint density at radius 2 is 1.71 bits per heavy atom. The molecule has 11 heteroatoms. The molecule has 1 aromatic rings. The van der Waals surface area contributed by atoms with Gasteiger partial charge in [-0.1, -0.05) is 0 Å². The van der Waals surface area contributed by atoms with E-state index in [9.17, 15) is 39.3 Å². The van der Waals surface area contributed by atoms with Crippen LogP contribution in [-0.2, 0) is 24.8 Å². The zero-order valence-electron chi connectivity index (χ0n) is 16.4. The summed E-state index contributed by atoms with van der Waals surface area (Å²) < 4.78 is 0. The Bertz CT molecular complexity index is 1110. The van der Waals surface area contributed by atoms with E-state index in [-0.39, 0.29) is 23.4 Å². The third-order valence-corrected chi connectivity index (χ3v) is 7.00. The number of hydrogen-bond donors (Lipinski definition) is 6. The number of amides is 1. The molecule has 0 heterocycles. The highest BCUT2D eigenvalue weighted by atomic mass is 16.3. The molecule has 2 saturated carbocycles. The second-order valence-electron chi connectivity index (χ2n) is 8.68. The molecule has 3 aliphatic rings. The molecule has 0 spiro atoms. The largest absolute Gasteiger partial charge is 0.505 e. The van der Waals surface area contributed by atoms with E-state index < -0.39 is 81.6 Å². The van der Waals surface area contributed by atoms with E-state index in [0.717, 1.165) is 0 Å². The normalized spacial score (nSPS) is 37.1. The number of fused-ring (bicyclic) bond motifs is 3. The van der Waals surface area contributed by atoms with Gasteiger partial charge in [0.05, 0.1) is 22.8 Å². The molecule has 1 amide bonds. The van der Waals surface area contributed by atoms with Gasteiger partial charge in [0.1, 0.15) is 5.75 Å². The molecule has 0 aliphatic heterocycles. The standard InChI is InChI=1S/C20H21N3O8/c1-19(30)6-2-5-3-9(24)11(18(23)29)17(28)20(5,31)16(27)10(6)15(26)12-13(19)7(21)4-8(22)14(12)25/h4-6,10-11,25,30-31H,2-3,21-22H2,1H3,(H2,23,29)/t5-,6-,10?,11?,19+,20-/m0/s1. The number of Topliss-reactive ketones (excluding diaryl/α,β-unsaturated/α-hetero) is 4. The summed E-state index contributed by atoms with van der Waals surface area (Å²) in [4.78, 5) is 63.5. The lowest BCUT2D eigenvalue weighted by molar-refractivity contribution is -0.182. The molecule has 2 unspecified atom stereocenters. The predicted octanol–water partition coefficient (Wildman–Crippen LogP) is -1.84.